The standard InChI is InChI=1S/C11H15BrN2O/c12-9-1-3-10(4-2-9)13-5-6-14-11-7-15-8-11/h1-4,11,13-14H,5-8H2. The van der Waals surface area contributed by atoms with Crippen molar-refractivity contribution in [1.82, 2.24) is 5.32 Å². The van der Waals surface area contributed by atoms with Gasteiger partial charge in [-0.1, -0.05) is 15.9 Å². The zero-order valence-electron chi connectivity index (χ0n) is 8.50. The molecule has 0 amide bonds. The molecule has 0 aliphatic carbocycles. The Labute approximate surface area is 98.3 Å². The van der Waals surface area contributed by atoms with E-state index in [1.54, 1.807) is 0 Å². The number of benzene rings is 1. The topological polar surface area (TPSA) is 33.3 Å². The maximum absolute atomic E-state index is 5.08. The summed E-state index contributed by atoms with van der Waals surface area (Å²) in [6, 6.07) is 8.77. The molecule has 1 aromatic rings. The molecule has 2 N–H and O–H groups in total. The first-order valence-corrected chi connectivity index (χ1v) is 5.94. The Balaban J connectivity index is 1.62. The molecule has 1 aliphatic rings. The summed E-state index contributed by atoms with van der Waals surface area (Å²) >= 11 is 3.41. The van der Waals surface area contributed by atoms with E-state index in [2.05, 4.69) is 38.7 Å². The first-order chi connectivity index (χ1) is 7.34. The van der Waals surface area contributed by atoms with Gasteiger partial charge in [0.2, 0.25) is 0 Å². The number of nitrogens with one attached hydrogen (secondary N) is 2. The minimum atomic E-state index is 0.566. The van der Waals surface area contributed by atoms with Crippen LogP contribution in [-0.2, 0) is 4.74 Å². The van der Waals surface area contributed by atoms with Crippen LogP contribution in [0.3, 0.4) is 0 Å². The van der Waals surface area contributed by atoms with Crippen molar-refractivity contribution in [3.05, 3.63) is 28.7 Å². The Morgan fingerprint density at radius 2 is 1.93 bits per heavy atom. The van der Waals surface area contributed by atoms with Crippen LogP contribution in [0.25, 0.3) is 0 Å². The van der Waals surface area contributed by atoms with E-state index in [9.17, 15) is 0 Å². The first-order valence-electron chi connectivity index (χ1n) is 5.15. The Kier molecular flexibility index (Phi) is 4.00. The van der Waals surface area contributed by atoms with Gasteiger partial charge >= 0.3 is 0 Å². The summed E-state index contributed by atoms with van der Waals surface area (Å²) in [6.45, 7) is 3.64. The summed E-state index contributed by atoms with van der Waals surface area (Å²) in [4.78, 5) is 0. The highest BCUT2D eigenvalue weighted by molar-refractivity contribution is 9.10. The highest BCUT2D eigenvalue weighted by Gasteiger charge is 2.16. The third-order valence-corrected chi connectivity index (χ3v) is 2.90. The van der Waals surface area contributed by atoms with E-state index in [1.807, 2.05) is 12.1 Å². The molecule has 1 heterocycles. The van der Waals surface area contributed by atoms with Crippen molar-refractivity contribution in [3.63, 3.8) is 0 Å². The average molecular weight is 271 g/mol. The van der Waals surface area contributed by atoms with Crippen LogP contribution in [0.1, 0.15) is 0 Å². The lowest BCUT2D eigenvalue weighted by Gasteiger charge is -2.27. The normalized spacial score (nSPS) is 16.1. The lowest BCUT2D eigenvalue weighted by atomic mass is 10.2. The fraction of sp³-hybridized carbons (Fsp3) is 0.455. The van der Waals surface area contributed by atoms with Gasteiger partial charge in [0.25, 0.3) is 0 Å². The van der Waals surface area contributed by atoms with Crippen LogP contribution in [-0.4, -0.2) is 32.3 Å². The third kappa shape index (κ3) is 3.48. The van der Waals surface area contributed by atoms with Crippen molar-refractivity contribution >= 4 is 21.6 Å². The monoisotopic (exact) mass is 270 g/mol. The molecule has 4 heteroatoms. The molecule has 0 aromatic heterocycles. The van der Waals surface area contributed by atoms with Gasteiger partial charge < -0.3 is 15.4 Å². The second kappa shape index (κ2) is 5.49. The minimum absolute atomic E-state index is 0.566. The summed E-state index contributed by atoms with van der Waals surface area (Å²) < 4.78 is 6.18. The molecular weight excluding hydrogens is 256 g/mol. The van der Waals surface area contributed by atoms with E-state index < -0.39 is 0 Å². The number of hydrogen-bond donors (Lipinski definition) is 2. The summed E-state index contributed by atoms with van der Waals surface area (Å²) in [6.07, 6.45) is 0. The highest BCUT2D eigenvalue weighted by atomic mass is 79.9. The Hall–Kier alpha value is -0.580. The molecule has 0 unspecified atom stereocenters. The zero-order chi connectivity index (χ0) is 10.5. The summed E-state index contributed by atoms with van der Waals surface area (Å²) in [5.74, 6) is 0. The molecule has 1 aromatic carbocycles. The van der Waals surface area contributed by atoms with Gasteiger partial charge in [-0.2, -0.15) is 0 Å². The van der Waals surface area contributed by atoms with E-state index in [4.69, 9.17) is 4.74 Å². The fourth-order valence-electron chi connectivity index (χ4n) is 1.40. The SMILES string of the molecule is Brc1ccc(NCCNC2COC2)cc1. The third-order valence-electron chi connectivity index (χ3n) is 2.37. The van der Waals surface area contributed by atoms with Gasteiger partial charge in [0, 0.05) is 23.2 Å². The van der Waals surface area contributed by atoms with Gasteiger partial charge in [-0.05, 0) is 24.3 Å². The summed E-state index contributed by atoms with van der Waals surface area (Å²) in [7, 11) is 0. The number of halogens is 1. The van der Waals surface area contributed by atoms with Gasteiger partial charge in [-0.15, -0.1) is 0 Å². The van der Waals surface area contributed by atoms with Gasteiger partial charge in [-0.25, -0.2) is 0 Å². The van der Waals surface area contributed by atoms with Gasteiger partial charge in [-0.3, -0.25) is 0 Å². The average Bonchev–Trinajstić information content (AvgIpc) is 2.18. The molecule has 0 saturated carbocycles. The molecule has 82 valence electrons. The van der Waals surface area contributed by atoms with Crippen LogP contribution >= 0.6 is 15.9 Å². The quantitative estimate of drug-likeness (QED) is 0.802. The summed E-state index contributed by atoms with van der Waals surface area (Å²) in [5.41, 5.74) is 1.16. The van der Waals surface area contributed by atoms with E-state index in [1.165, 1.54) is 0 Å². The van der Waals surface area contributed by atoms with Gasteiger partial charge in [0.15, 0.2) is 0 Å². The Morgan fingerprint density at radius 3 is 2.53 bits per heavy atom. The molecule has 1 fully saturated rings. The highest BCUT2D eigenvalue weighted by Crippen LogP contribution is 2.13. The maximum Gasteiger partial charge on any atom is 0.0643 e. The van der Waals surface area contributed by atoms with Crippen LogP contribution in [0, 0.1) is 0 Å². The molecule has 15 heavy (non-hydrogen) atoms. The lowest BCUT2D eigenvalue weighted by Crippen LogP contribution is -2.47. The van der Waals surface area contributed by atoms with E-state index in [-0.39, 0.29) is 0 Å². The minimum Gasteiger partial charge on any atom is -0.384 e. The van der Waals surface area contributed by atoms with Gasteiger partial charge in [0.05, 0.1) is 19.3 Å². The number of anilines is 1. The Morgan fingerprint density at radius 1 is 1.20 bits per heavy atom. The van der Waals surface area contributed by atoms with Crippen molar-refractivity contribution < 1.29 is 4.74 Å². The van der Waals surface area contributed by atoms with Crippen LogP contribution in [0.4, 0.5) is 5.69 Å². The molecule has 2 rings (SSSR count). The molecule has 0 bridgehead atoms. The number of rotatable bonds is 5. The molecule has 1 saturated heterocycles. The molecular formula is C11H15BrN2O. The molecule has 0 radical (unpaired) electrons. The molecule has 3 nitrogen and oxygen atoms in total. The molecule has 0 atom stereocenters. The van der Waals surface area contributed by atoms with Crippen LogP contribution in [0.2, 0.25) is 0 Å². The summed E-state index contributed by atoms with van der Waals surface area (Å²) in [5, 5.41) is 6.76. The number of hydrogen-bond acceptors (Lipinski definition) is 3. The van der Waals surface area contributed by atoms with Crippen LogP contribution in [0.5, 0.6) is 0 Å². The van der Waals surface area contributed by atoms with Crippen molar-refractivity contribution in [2.75, 3.05) is 31.6 Å². The molecule has 0 spiro atoms. The first kappa shape index (κ1) is 10.9. The second-order valence-electron chi connectivity index (χ2n) is 3.62. The maximum atomic E-state index is 5.08. The zero-order valence-corrected chi connectivity index (χ0v) is 10.1. The predicted molar refractivity (Wildman–Crippen MR) is 65.2 cm³/mol. The molecule has 1 aliphatic heterocycles. The van der Waals surface area contributed by atoms with Gasteiger partial charge in [0.1, 0.15) is 0 Å². The van der Waals surface area contributed by atoms with Crippen LogP contribution < -0.4 is 10.6 Å². The van der Waals surface area contributed by atoms with E-state index >= 15 is 0 Å². The van der Waals surface area contributed by atoms with E-state index in [0.717, 1.165) is 36.5 Å². The second-order valence-corrected chi connectivity index (χ2v) is 4.54. The Bertz CT molecular complexity index is 298. The predicted octanol–water partition coefficient (Wildman–Crippen LogP) is 1.85. The van der Waals surface area contributed by atoms with Crippen molar-refractivity contribution in [3.8, 4) is 0 Å². The fourth-order valence-corrected chi connectivity index (χ4v) is 1.67. The largest absolute Gasteiger partial charge is 0.384 e. The van der Waals surface area contributed by atoms with Crippen molar-refractivity contribution in [2.45, 2.75) is 6.04 Å². The number of ether oxygens (including phenoxy) is 1. The lowest BCUT2D eigenvalue weighted by molar-refractivity contribution is -0.00433. The smallest absolute Gasteiger partial charge is 0.0643 e. The van der Waals surface area contributed by atoms with Crippen LogP contribution in [0.15, 0.2) is 28.7 Å². The van der Waals surface area contributed by atoms with E-state index in [0.29, 0.717) is 6.04 Å². The van der Waals surface area contributed by atoms with Crippen molar-refractivity contribution in [2.24, 2.45) is 0 Å². The van der Waals surface area contributed by atoms with Crippen molar-refractivity contribution in [1.29, 1.82) is 0 Å².